The quantitative estimate of drug-likeness (QED) is 0.418. The van der Waals surface area contributed by atoms with Crippen molar-refractivity contribution in [1.82, 2.24) is 9.97 Å². The average molecular weight is 322 g/mol. The number of para-hydroxylation sites is 2. The number of furan rings is 1. The van der Waals surface area contributed by atoms with Gasteiger partial charge in [-0.15, -0.1) is 0 Å². The Kier molecular flexibility index (Phi) is 3.10. The first-order valence-corrected chi connectivity index (χ1v) is 8.16. The molecule has 0 unspecified atom stereocenters. The van der Waals surface area contributed by atoms with Gasteiger partial charge in [-0.05, 0) is 23.3 Å². The van der Waals surface area contributed by atoms with Crippen LogP contribution in [-0.2, 0) is 0 Å². The SMILES string of the molecule is c1cc(-c2cncnc2)cc(-c2cccc3c2oc2ccccc23)c1. The zero-order chi connectivity index (χ0) is 16.6. The molecule has 3 aromatic carbocycles. The molecule has 0 spiro atoms. The normalized spacial score (nSPS) is 11.2. The molecular weight excluding hydrogens is 308 g/mol. The summed E-state index contributed by atoms with van der Waals surface area (Å²) in [6, 6.07) is 22.8. The smallest absolute Gasteiger partial charge is 0.143 e. The molecule has 0 fully saturated rings. The van der Waals surface area contributed by atoms with Gasteiger partial charge in [0.15, 0.2) is 0 Å². The molecule has 3 heteroatoms. The lowest BCUT2D eigenvalue weighted by molar-refractivity contribution is 0.670. The molecule has 2 heterocycles. The van der Waals surface area contributed by atoms with Gasteiger partial charge in [-0.3, -0.25) is 0 Å². The van der Waals surface area contributed by atoms with Gasteiger partial charge in [-0.25, -0.2) is 9.97 Å². The molecule has 5 rings (SSSR count). The van der Waals surface area contributed by atoms with E-state index in [2.05, 4.69) is 58.5 Å². The molecule has 0 aliphatic heterocycles. The number of fused-ring (bicyclic) bond motifs is 3. The van der Waals surface area contributed by atoms with Crippen LogP contribution in [0.4, 0.5) is 0 Å². The molecular formula is C22H14N2O. The summed E-state index contributed by atoms with van der Waals surface area (Å²) >= 11 is 0. The van der Waals surface area contributed by atoms with Crippen molar-refractivity contribution < 1.29 is 4.42 Å². The molecule has 5 aromatic rings. The van der Waals surface area contributed by atoms with Crippen molar-refractivity contribution in [2.24, 2.45) is 0 Å². The van der Waals surface area contributed by atoms with E-state index in [0.29, 0.717) is 0 Å². The van der Waals surface area contributed by atoms with Crippen LogP contribution in [0.2, 0.25) is 0 Å². The van der Waals surface area contributed by atoms with Crippen molar-refractivity contribution in [1.29, 1.82) is 0 Å². The fourth-order valence-electron chi connectivity index (χ4n) is 3.29. The van der Waals surface area contributed by atoms with Crippen LogP contribution in [0.15, 0.2) is 89.9 Å². The molecule has 2 aromatic heterocycles. The average Bonchev–Trinajstić information content (AvgIpc) is 3.07. The molecule has 0 amide bonds. The second-order valence-corrected chi connectivity index (χ2v) is 5.99. The van der Waals surface area contributed by atoms with Crippen LogP contribution >= 0.6 is 0 Å². The zero-order valence-electron chi connectivity index (χ0n) is 13.4. The second kappa shape index (κ2) is 5.56. The van der Waals surface area contributed by atoms with Gasteiger partial charge >= 0.3 is 0 Å². The van der Waals surface area contributed by atoms with Gasteiger partial charge in [0.05, 0.1) is 0 Å². The van der Waals surface area contributed by atoms with Crippen LogP contribution in [0, 0.1) is 0 Å². The number of hydrogen-bond acceptors (Lipinski definition) is 3. The maximum Gasteiger partial charge on any atom is 0.143 e. The topological polar surface area (TPSA) is 38.9 Å². The molecule has 0 bridgehead atoms. The summed E-state index contributed by atoms with van der Waals surface area (Å²) in [5.74, 6) is 0. The molecule has 0 radical (unpaired) electrons. The van der Waals surface area contributed by atoms with E-state index in [4.69, 9.17) is 4.42 Å². The summed E-state index contributed by atoms with van der Waals surface area (Å²) in [5.41, 5.74) is 6.13. The van der Waals surface area contributed by atoms with Gasteiger partial charge in [0.2, 0.25) is 0 Å². The highest BCUT2D eigenvalue weighted by molar-refractivity contribution is 6.09. The monoisotopic (exact) mass is 322 g/mol. The maximum atomic E-state index is 6.16. The molecule has 0 saturated carbocycles. The summed E-state index contributed by atoms with van der Waals surface area (Å²) in [4.78, 5) is 8.23. The number of nitrogens with zero attached hydrogens (tertiary/aromatic N) is 2. The van der Waals surface area contributed by atoms with Crippen LogP contribution < -0.4 is 0 Å². The Morgan fingerprint density at radius 2 is 1.40 bits per heavy atom. The van der Waals surface area contributed by atoms with Crippen LogP contribution in [0.5, 0.6) is 0 Å². The lowest BCUT2D eigenvalue weighted by atomic mass is 9.99. The van der Waals surface area contributed by atoms with E-state index in [1.54, 1.807) is 6.33 Å². The standard InChI is InChI=1S/C22H14N2O/c1-2-10-21-19(7-1)20-9-4-8-18(22(20)25-21)16-6-3-5-15(11-16)17-12-23-14-24-13-17/h1-14H. The van der Waals surface area contributed by atoms with Gasteiger partial charge < -0.3 is 4.42 Å². The van der Waals surface area contributed by atoms with Crippen molar-refractivity contribution >= 4 is 21.9 Å². The van der Waals surface area contributed by atoms with E-state index < -0.39 is 0 Å². The third kappa shape index (κ3) is 2.29. The van der Waals surface area contributed by atoms with E-state index in [-0.39, 0.29) is 0 Å². The minimum atomic E-state index is 0.914. The van der Waals surface area contributed by atoms with Crippen LogP contribution in [0.25, 0.3) is 44.2 Å². The minimum Gasteiger partial charge on any atom is -0.455 e. The molecule has 0 saturated heterocycles. The molecule has 0 atom stereocenters. The van der Waals surface area contributed by atoms with Gasteiger partial charge in [-0.1, -0.05) is 54.6 Å². The summed E-state index contributed by atoms with van der Waals surface area (Å²) in [7, 11) is 0. The van der Waals surface area contributed by atoms with Crippen molar-refractivity contribution in [2.45, 2.75) is 0 Å². The maximum absolute atomic E-state index is 6.16. The molecule has 3 nitrogen and oxygen atoms in total. The van der Waals surface area contributed by atoms with Crippen molar-refractivity contribution in [2.75, 3.05) is 0 Å². The number of benzene rings is 3. The van der Waals surface area contributed by atoms with Crippen molar-refractivity contribution in [3.05, 3.63) is 85.5 Å². The molecule has 118 valence electrons. The molecule has 0 aliphatic rings. The van der Waals surface area contributed by atoms with Crippen molar-refractivity contribution in [3.63, 3.8) is 0 Å². The number of hydrogen-bond donors (Lipinski definition) is 0. The van der Waals surface area contributed by atoms with Crippen LogP contribution in [0.3, 0.4) is 0 Å². The Morgan fingerprint density at radius 3 is 2.32 bits per heavy atom. The van der Waals surface area contributed by atoms with Gasteiger partial charge in [0.1, 0.15) is 17.5 Å². The second-order valence-electron chi connectivity index (χ2n) is 5.99. The summed E-state index contributed by atoms with van der Waals surface area (Å²) in [5, 5.41) is 2.29. The van der Waals surface area contributed by atoms with E-state index >= 15 is 0 Å². The van der Waals surface area contributed by atoms with Gasteiger partial charge in [-0.2, -0.15) is 0 Å². The first kappa shape index (κ1) is 13.9. The van der Waals surface area contributed by atoms with E-state index in [1.807, 2.05) is 30.6 Å². The Labute approximate surface area is 144 Å². The van der Waals surface area contributed by atoms with E-state index in [0.717, 1.165) is 44.2 Å². The van der Waals surface area contributed by atoms with Crippen LogP contribution in [0.1, 0.15) is 0 Å². The first-order chi connectivity index (χ1) is 12.4. The molecule has 25 heavy (non-hydrogen) atoms. The Bertz CT molecular complexity index is 1190. The lowest BCUT2D eigenvalue weighted by Gasteiger charge is -2.06. The third-order valence-corrected chi connectivity index (χ3v) is 4.47. The first-order valence-electron chi connectivity index (χ1n) is 8.16. The third-order valence-electron chi connectivity index (χ3n) is 4.47. The summed E-state index contributed by atoms with van der Waals surface area (Å²) in [6.45, 7) is 0. The highest BCUT2D eigenvalue weighted by atomic mass is 16.3. The summed E-state index contributed by atoms with van der Waals surface area (Å²) < 4.78 is 6.16. The number of aromatic nitrogens is 2. The predicted octanol–water partition coefficient (Wildman–Crippen LogP) is 5.71. The predicted molar refractivity (Wildman–Crippen MR) is 100 cm³/mol. The summed E-state index contributed by atoms with van der Waals surface area (Å²) in [6.07, 6.45) is 5.20. The molecule has 0 N–H and O–H groups in total. The highest BCUT2D eigenvalue weighted by Crippen LogP contribution is 2.36. The van der Waals surface area contributed by atoms with Crippen LogP contribution in [-0.4, -0.2) is 9.97 Å². The van der Waals surface area contributed by atoms with Gasteiger partial charge in [0.25, 0.3) is 0 Å². The Hall–Kier alpha value is -3.46. The van der Waals surface area contributed by atoms with Crippen molar-refractivity contribution in [3.8, 4) is 22.3 Å². The van der Waals surface area contributed by atoms with E-state index in [1.165, 1.54) is 0 Å². The minimum absolute atomic E-state index is 0.914. The number of rotatable bonds is 2. The Balaban J connectivity index is 1.74. The fraction of sp³-hybridized carbons (Fsp3) is 0. The van der Waals surface area contributed by atoms with Gasteiger partial charge in [0, 0.05) is 34.3 Å². The zero-order valence-corrected chi connectivity index (χ0v) is 13.4. The lowest BCUT2D eigenvalue weighted by Crippen LogP contribution is -1.84. The van der Waals surface area contributed by atoms with E-state index in [9.17, 15) is 0 Å². The highest BCUT2D eigenvalue weighted by Gasteiger charge is 2.12. The fourth-order valence-corrected chi connectivity index (χ4v) is 3.29. The molecule has 0 aliphatic carbocycles. The Morgan fingerprint density at radius 1 is 0.640 bits per heavy atom. The largest absolute Gasteiger partial charge is 0.455 e.